The number of hydrogen-bond donors (Lipinski definition) is 2. The van der Waals surface area contributed by atoms with Gasteiger partial charge in [0.2, 0.25) is 0 Å². The molecule has 130 valence electrons. The van der Waals surface area contributed by atoms with Crippen LogP contribution in [-0.4, -0.2) is 17.5 Å². The Balaban J connectivity index is 2.07. The Kier molecular flexibility index (Phi) is 5.50. The number of aryl methyl sites for hydroxylation is 1. The van der Waals surface area contributed by atoms with E-state index >= 15 is 0 Å². The zero-order chi connectivity index (χ0) is 18.0. The van der Waals surface area contributed by atoms with Crippen LogP contribution in [-0.2, 0) is 4.84 Å². The fraction of sp³-hybridized carbons (Fsp3) is 0.176. The summed E-state index contributed by atoms with van der Waals surface area (Å²) in [5.74, 6) is -0.781. The number of carbonyl (C=O) groups is 1. The smallest absolute Gasteiger partial charge is 0.278 e. The van der Waals surface area contributed by atoms with Crippen molar-refractivity contribution in [3.63, 3.8) is 0 Å². The highest BCUT2D eigenvalue weighted by Gasteiger charge is 2.21. The van der Waals surface area contributed by atoms with Gasteiger partial charge in [0.25, 0.3) is 5.91 Å². The third-order valence-corrected chi connectivity index (χ3v) is 5.10. The van der Waals surface area contributed by atoms with E-state index in [1.807, 2.05) is 41.6 Å². The normalized spacial score (nSPS) is 10.9. The number of thiophene rings is 1. The molecule has 1 aromatic carbocycles. The number of hydroxylamine groups is 1. The summed E-state index contributed by atoms with van der Waals surface area (Å²) in [6, 6.07) is 8.54. The average Bonchev–Trinajstić information content (AvgIpc) is 2.92. The van der Waals surface area contributed by atoms with Crippen LogP contribution in [0, 0.1) is 16.3 Å². The molecule has 0 aliphatic heterocycles. The van der Waals surface area contributed by atoms with Gasteiger partial charge in [0, 0.05) is 14.7 Å². The number of amides is 1. The van der Waals surface area contributed by atoms with E-state index in [2.05, 4.69) is 15.8 Å². The van der Waals surface area contributed by atoms with E-state index in [1.165, 1.54) is 17.4 Å². The molecule has 5 nitrogen and oxygen atoms in total. The van der Waals surface area contributed by atoms with E-state index in [9.17, 15) is 9.18 Å². The Morgan fingerprint density at radius 3 is 2.88 bits per heavy atom. The van der Waals surface area contributed by atoms with Gasteiger partial charge >= 0.3 is 0 Å². The SMILES string of the molecule is CCONC(=O)c1c(Nc2ccc(I)cc2F)sc2nc(C)ccc12. The summed E-state index contributed by atoms with van der Waals surface area (Å²) in [5, 5.41) is 4.23. The Hall–Kier alpha value is -1.78. The first-order valence-electron chi connectivity index (χ1n) is 7.54. The van der Waals surface area contributed by atoms with E-state index in [0.29, 0.717) is 33.1 Å². The zero-order valence-corrected chi connectivity index (χ0v) is 16.5. The summed E-state index contributed by atoms with van der Waals surface area (Å²) < 4.78 is 15.0. The van der Waals surface area contributed by atoms with Gasteiger partial charge in [-0.05, 0) is 66.8 Å². The van der Waals surface area contributed by atoms with Crippen LogP contribution in [0.1, 0.15) is 23.0 Å². The molecule has 25 heavy (non-hydrogen) atoms. The van der Waals surface area contributed by atoms with Crippen molar-refractivity contribution in [3.05, 3.63) is 51.0 Å². The number of anilines is 2. The molecule has 8 heteroatoms. The molecule has 0 aliphatic carbocycles. The van der Waals surface area contributed by atoms with Crippen molar-refractivity contribution in [3.8, 4) is 0 Å². The maximum absolute atomic E-state index is 14.2. The molecule has 3 aromatic rings. The summed E-state index contributed by atoms with van der Waals surface area (Å²) in [6.45, 7) is 4.00. The minimum Gasteiger partial charge on any atom is -0.344 e. The summed E-state index contributed by atoms with van der Waals surface area (Å²) in [4.78, 5) is 22.7. The van der Waals surface area contributed by atoms with E-state index in [4.69, 9.17) is 4.84 Å². The molecule has 0 saturated carbocycles. The highest BCUT2D eigenvalue weighted by atomic mass is 127. The predicted molar refractivity (Wildman–Crippen MR) is 106 cm³/mol. The average molecular weight is 471 g/mol. The van der Waals surface area contributed by atoms with Crippen molar-refractivity contribution in [2.75, 3.05) is 11.9 Å². The number of carbonyl (C=O) groups excluding carboxylic acids is 1. The van der Waals surface area contributed by atoms with Gasteiger partial charge in [0.05, 0.1) is 17.9 Å². The summed E-state index contributed by atoms with van der Waals surface area (Å²) in [6.07, 6.45) is 0. The lowest BCUT2D eigenvalue weighted by Gasteiger charge is -2.09. The van der Waals surface area contributed by atoms with Gasteiger partial charge in [0.15, 0.2) is 0 Å². The second-order valence-electron chi connectivity index (χ2n) is 5.22. The summed E-state index contributed by atoms with van der Waals surface area (Å²) in [5.41, 5.74) is 3.93. The van der Waals surface area contributed by atoms with Crippen LogP contribution in [0.3, 0.4) is 0 Å². The predicted octanol–water partition coefficient (Wildman–Crippen LogP) is 4.77. The minimum atomic E-state index is -0.396. The fourth-order valence-corrected chi connectivity index (χ4v) is 3.87. The van der Waals surface area contributed by atoms with Crippen molar-refractivity contribution >= 4 is 60.7 Å². The quantitative estimate of drug-likeness (QED) is 0.416. The molecule has 0 fully saturated rings. The van der Waals surface area contributed by atoms with Crippen molar-refractivity contribution in [2.24, 2.45) is 0 Å². The lowest BCUT2D eigenvalue weighted by molar-refractivity contribution is 0.0367. The molecule has 0 bridgehead atoms. The monoisotopic (exact) mass is 471 g/mol. The van der Waals surface area contributed by atoms with Gasteiger partial charge in [-0.3, -0.25) is 9.63 Å². The standard InChI is InChI=1S/C17H15FIN3O2S/c1-3-24-22-15(23)14-11-6-4-9(2)20-16(11)25-17(14)21-13-7-5-10(19)8-12(13)18/h4-8,21H,3H2,1-2H3,(H,22,23). The van der Waals surface area contributed by atoms with E-state index in [0.717, 1.165) is 9.26 Å². The van der Waals surface area contributed by atoms with Crippen LogP contribution in [0.5, 0.6) is 0 Å². The fourth-order valence-electron chi connectivity index (χ4n) is 2.29. The summed E-state index contributed by atoms with van der Waals surface area (Å²) in [7, 11) is 0. The topological polar surface area (TPSA) is 63.2 Å². The maximum atomic E-state index is 14.2. The van der Waals surface area contributed by atoms with E-state index < -0.39 is 5.91 Å². The Morgan fingerprint density at radius 2 is 2.16 bits per heavy atom. The number of halogens is 2. The van der Waals surface area contributed by atoms with Gasteiger partial charge in [-0.15, -0.1) is 0 Å². The second-order valence-corrected chi connectivity index (χ2v) is 7.47. The lowest BCUT2D eigenvalue weighted by atomic mass is 10.2. The second kappa shape index (κ2) is 7.63. The molecular formula is C17H15FIN3O2S. The number of hydrogen-bond acceptors (Lipinski definition) is 5. The van der Waals surface area contributed by atoms with E-state index in [1.54, 1.807) is 19.1 Å². The Morgan fingerprint density at radius 1 is 1.36 bits per heavy atom. The van der Waals surface area contributed by atoms with Gasteiger partial charge in [0.1, 0.15) is 15.6 Å². The number of pyridine rings is 1. The molecule has 0 saturated heterocycles. The molecule has 0 radical (unpaired) electrons. The van der Waals surface area contributed by atoms with Crippen LogP contribution in [0.4, 0.5) is 15.1 Å². The third-order valence-electron chi connectivity index (χ3n) is 3.41. The zero-order valence-electron chi connectivity index (χ0n) is 13.5. The number of aromatic nitrogens is 1. The maximum Gasteiger partial charge on any atom is 0.278 e. The summed E-state index contributed by atoms with van der Waals surface area (Å²) >= 11 is 3.35. The van der Waals surface area contributed by atoms with Crippen LogP contribution in [0.2, 0.25) is 0 Å². The third kappa shape index (κ3) is 3.91. The molecule has 2 N–H and O–H groups in total. The van der Waals surface area contributed by atoms with Gasteiger partial charge in [-0.2, -0.15) is 0 Å². The van der Waals surface area contributed by atoms with Crippen LogP contribution in [0.15, 0.2) is 30.3 Å². The molecule has 0 unspecified atom stereocenters. The lowest BCUT2D eigenvalue weighted by Crippen LogP contribution is -2.24. The highest BCUT2D eigenvalue weighted by molar-refractivity contribution is 14.1. The van der Waals surface area contributed by atoms with Crippen molar-refractivity contribution in [2.45, 2.75) is 13.8 Å². The minimum absolute atomic E-state index is 0.300. The number of fused-ring (bicyclic) bond motifs is 1. The highest BCUT2D eigenvalue weighted by Crippen LogP contribution is 2.37. The molecule has 3 rings (SSSR count). The van der Waals surface area contributed by atoms with Crippen LogP contribution in [0.25, 0.3) is 10.2 Å². The van der Waals surface area contributed by atoms with Crippen molar-refractivity contribution in [1.29, 1.82) is 0 Å². The number of rotatable bonds is 5. The molecule has 0 spiro atoms. The van der Waals surface area contributed by atoms with Crippen LogP contribution < -0.4 is 10.8 Å². The Labute approximate surface area is 161 Å². The molecular weight excluding hydrogens is 456 g/mol. The molecule has 0 atom stereocenters. The molecule has 0 aliphatic rings. The van der Waals surface area contributed by atoms with Crippen molar-refractivity contribution < 1.29 is 14.0 Å². The molecule has 2 heterocycles. The van der Waals surface area contributed by atoms with Gasteiger partial charge in [-0.25, -0.2) is 14.9 Å². The van der Waals surface area contributed by atoms with Crippen LogP contribution >= 0.6 is 33.9 Å². The molecule has 1 amide bonds. The van der Waals surface area contributed by atoms with Gasteiger partial charge in [-0.1, -0.05) is 11.3 Å². The Bertz CT molecular complexity index is 945. The molecule has 2 aromatic heterocycles. The number of nitrogens with one attached hydrogen (secondary N) is 2. The largest absolute Gasteiger partial charge is 0.344 e. The number of nitrogens with zero attached hydrogens (tertiary/aromatic N) is 1. The van der Waals surface area contributed by atoms with Gasteiger partial charge < -0.3 is 5.32 Å². The first-order valence-corrected chi connectivity index (χ1v) is 9.43. The van der Waals surface area contributed by atoms with Crippen molar-refractivity contribution in [1.82, 2.24) is 10.5 Å². The first kappa shape index (κ1) is 18.0. The number of benzene rings is 1. The van der Waals surface area contributed by atoms with E-state index in [-0.39, 0.29) is 5.82 Å². The first-order chi connectivity index (χ1) is 12.0.